The number of ether oxygens (including phenoxy) is 2. The Morgan fingerprint density at radius 3 is 2.21 bits per heavy atom. The lowest BCUT2D eigenvalue weighted by Gasteiger charge is -2.26. The Labute approximate surface area is 201 Å². The first-order chi connectivity index (χ1) is 16.2. The Kier molecular flexibility index (Phi) is 8.34. The molecule has 1 atom stereocenters. The summed E-state index contributed by atoms with van der Waals surface area (Å²) in [6.07, 6.45) is 0.917. The van der Waals surface area contributed by atoms with E-state index >= 15 is 0 Å². The smallest absolute Gasteiger partial charge is 0.295 e. The Hall–Kier alpha value is -3.32. The number of hydrogen-bond acceptors (Lipinski definition) is 6. The van der Waals surface area contributed by atoms with Gasteiger partial charge in [0, 0.05) is 18.7 Å². The van der Waals surface area contributed by atoms with Gasteiger partial charge in [-0.25, -0.2) is 0 Å². The maximum Gasteiger partial charge on any atom is 0.295 e. The van der Waals surface area contributed by atoms with E-state index in [1.165, 1.54) is 4.90 Å². The van der Waals surface area contributed by atoms with Crippen LogP contribution < -0.4 is 9.47 Å². The lowest BCUT2D eigenvalue weighted by atomic mass is 9.95. The highest BCUT2D eigenvalue weighted by Gasteiger charge is 2.45. The maximum atomic E-state index is 13.1. The van der Waals surface area contributed by atoms with Crippen molar-refractivity contribution < 1.29 is 24.2 Å². The number of likely N-dealkylation sites (tertiary alicyclic amines) is 1. The van der Waals surface area contributed by atoms with E-state index in [1.807, 2.05) is 64.0 Å². The van der Waals surface area contributed by atoms with E-state index in [-0.39, 0.29) is 17.4 Å². The standard InChI is InChI=1S/C27H34N2O5/c1-6-17-33-21-11-9-20(10-12-21)25(30)23-24(19-7-13-22(14-8-19)34-18(2)3)29(16-15-28(4)5)27(32)26(23)31/h7-14,18,24,30H,6,15-17H2,1-5H3/b25-23+/t24-/m1/s1. The first kappa shape index (κ1) is 25.3. The van der Waals surface area contributed by atoms with Crippen LogP contribution in [0.2, 0.25) is 0 Å². The number of ketones is 1. The fourth-order valence-corrected chi connectivity index (χ4v) is 3.85. The average Bonchev–Trinajstić information content (AvgIpc) is 3.06. The van der Waals surface area contributed by atoms with Crippen LogP contribution in [0.3, 0.4) is 0 Å². The van der Waals surface area contributed by atoms with E-state index in [1.54, 1.807) is 24.3 Å². The highest BCUT2D eigenvalue weighted by atomic mass is 16.5. The monoisotopic (exact) mass is 466 g/mol. The SMILES string of the molecule is CCCOc1ccc(/C(O)=C2\C(=O)C(=O)N(CCN(C)C)[C@@H]2c2ccc(OC(C)C)cc2)cc1. The topological polar surface area (TPSA) is 79.3 Å². The minimum absolute atomic E-state index is 0.0286. The second kappa shape index (κ2) is 11.2. The third-order valence-electron chi connectivity index (χ3n) is 5.50. The van der Waals surface area contributed by atoms with E-state index in [9.17, 15) is 14.7 Å². The molecule has 0 spiro atoms. The molecule has 0 aliphatic carbocycles. The molecule has 2 aromatic carbocycles. The second-order valence-electron chi connectivity index (χ2n) is 8.90. The van der Waals surface area contributed by atoms with Crippen molar-refractivity contribution in [3.63, 3.8) is 0 Å². The lowest BCUT2D eigenvalue weighted by Crippen LogP contribution is -2.35. The van der Waals surface area contributed by atoms with Crippen molar-refractivity contribution in [2.24, 2.45) is 0 Å². The molecule has 1 saturated heterocycles. The van der Waals surface area contributed by atoms with Crippen molar-refractivity contribution in [1.82, 2.24) is 9.80 Å². The quantitative estimate of drug-likeness (QED) is 0.320. The van der Waals surface area contributed by atoms with Gasteiger partial charge in [-0.2, -0.15) is 0 Å². The average molecular weight is 467 g/mol. The van der Waals surface area contributed by atoms with Crippen LogP contribution in [0, 0.1) is 0 Å². The Bertz CT molecular complexity index is 1030. The Morgan fingerprint density at radius 2 is 1.65 bits per heavy atom. The van der Waals surface area contributed by atoms with E-state index in [2.05, 4.69) is 0 Å². The van der Waals surface area contributed by atoms with Crippen LogP contribution in [0.25, 0.3) is 5.76 Å². The van der Waals surface area contributed by atoms with E-state index in [4.69, 9.17) is 9.47 Å². The van der Waals surface area contributed by atoms with Gasteiger partial charge in [0.1, 0.15) is 17.3 Å². The molecule has 3 rings (SSSR count). The summed E-state index contributed by atoms with van der Waals surface area (Å²) in [5.41, 5.74) is 1.28. The van der Waals surface area contributed by atoms with Crippen LogP contribution in [-0.2, 0) is 9.59 Å². The normalized spacial score (nSPS) is 17.6. The van der Waals surface area contributed by atoms with Crippen molar-refractivity contribution in [2.75, 3.05) is 33.8 Å². The molecule has 1 amide bonds. The van der Waals surface area contributed by atoms with Gasteiger partial charge in [0.15, 0.2) is 0 Å². The van der Waals surface area contributed by atoms with Gasteiger partial charge in [-0.05, 0) is 76.3 Å². The number of rotatable bonds is 10. The minimum atomic E-state index is -0.691. The van der Waals surface area contributed by atoms with Crippen LogP contribution in [0.4, 0.5) is 0 Å². The number of hydrogen-bond donors (Lipinski definition) is 1. The van der Waals surface area contributed by atoms with Crippen molar-refractivity contribution >= 4 is 17.4 Å². The number of aliphatic hydroxyl groups excluding tert-OH is 1. The molecule has 7 heteroatoms. The third-order valence-corrected chi connectivity index (χ3v) is 5.50. The number of nitrogens with zero attached hydrogens (tertiary/aromatic N) is 2. The molecule has 0 bridgehead atoms. The van der Waals surface area contributed by atoms with Crippen LogP contribution in [0.1, 0.15) is 44.4 Å². The van der Waals surface area contributed by atoms with Crippen molar-refractivity contribution in [1.29, 1.82) is 0 Å². The summed E-state index contributed by atoms with van der Waals surface area (Å²) >= 11 is 0. The molecule has 1 aliphatic rings. The molecule has 34 heavy (non-hydrogen) atoms. The van der Waals surface area contributed by atoms with Crippen LogP contribution in [0.5, 0.6) is 11.5 Å². The maximum absolute atomic E-state index is 13.1. The first-order valence-corrected chi connectivity index (χ1v) is 11.7. The zero-order chi connectivity index (χ0) is 24.8. The summed E-state index contributed by atoms with van der Waals surface area (Å²) in [6.45, 7) is 7.45. The van der Waals surface area contributed by atoms with Crippen molar-refractivity contribution in [3.05, 3.63) is 65.2 Å². The molecule has 0 aromatic heterocycles. The number of benzene rings is 2. The first-order valence-electron chi connectivity index (χ1n) is 11.7. The number of carbonyl (C=O) groups excluding carboxylic acids is 2. The zero-order valence-corrected chi connectivity index (χ0v) is 20.6. The highest BCUT2D eigenvalue weighted by molar-refractivity contribution is 6.46. The number of likely N-dealkylation sites (N-methyl/N-ethyl adjacent to an activating group) is 1. The largest absolute Gasteiger partial charge is 0.507 e. The van der Waals surface area contributed by atoms with Crippen LogP contribution in [0.15, 0.2) is 54.1 Å². The fourth-order valence-electron chi connectivity index (χ4n) is 3.85. The van der Waals surface area contributed by atoms with Gasteiger partial charge in [0.25, 0.3) is 11.7 Å². The number of aliphatic hydroxyl groups is 1. The van der Waals surface area contributed by atoms with E-state index < -0.39 is 17.7 Å². The van der Waals surface area contributed by atoms with Crippen LogP contribution in [-0.4, -0.2) is 66.5 Å². The molecule has 1 N–H and O–H groups in total. The van der Waals surface area contributed by atoms with Gasteiger partial charge in [0.05, 0.1) is 24.3 Å². The zero-order valence-electron chi connectivity index (χ0n) is 20.6. The molecule has 7 nitrogen and oxygen atoms in total. The van der Waals surface area contributed by atoms with Gasteiger partial charge in [-0.1, -0.05) is 19.1 Å². The molecule has 1 fully saturated rings. The number of Topliss-reactive ketones (excluding diaryl/α,β-unsaturated/α-hetero) is 1. The molecule has 0 unspecified atom stereocenters. The summed E-state index contributed by atoms with van der Waals surface area (Å²) in [5.74, 6) is -0.108. The van der Waals surface area contributed by atoms with Crippen LogP contribution >= 0.6 is 0 Å². The van der Waals surface area contributed by atoms with Gasteiger partial charge in [0.2, 0.25) is 0 Å². The number of carbonyl (C=O) groups is 2. The summed E-state index contributed by atoms with van der Waals surface area (Å²) in [7, 11) is 3.82. The predicted molar refractivity (Wildman–Crippen MR) is 132 cm³/mol. The predicted octanol–water partition coefficient (Wildman–Crippen LogP) is 4.25. The van der Waals surface area contributed by atoms with E-state index in [0.29, 0.717) is 36.8 Å². The summed E-state index contributed by atoms with van der Waals surface area (Å²) in [6, 6.07) is 13.5. The highest BCUT2D eigenvalue weighted by Crippen LogP contribution is 2.39. The summed E-state index contributed by atoms with van der Waals surface area (Å²) in [4.78, 5) is 29.6. The van der Waals surface area contributed by atoms with Crippen molar-refractivity contribution in [2.45, 2.75) is 39.3 Å². The molecule has 0 radical (unpaired) electrons. The molecule has 182 valence electrons. The molecule has 2 aromatic rings. The Morgan fingerprint density at radius 1 is 1.03 bits per heavy atom. The van der Waals surface area contributed by atoms with Gasteiger partial charge >= 0.3 is 0 Å². The minimum Gasteiger partial charge on any atom is -0.507 e. The fraction of sp³-hybridized carbons (Fsp3) is 0.407. The van der Waals surface area contributed by atoms with Gasteiger partial charge in [-0.15, -0.1) is 0 Å². The van der Waals surface area contributed by atoms with E-state index in [0.717, 1.165) is 12.0 Å². The molecule has 0 saturated carbocycles. The second-order valence-corrected chi connectivity index (χ2v) is 8.90. The summed E-state index contributed by atoms with van der Waals surface area (Å²) < 4.78 is 11.3. The molecule has 1 aliphatic heterocycles. The molecular weight excluding hydrogens is 432 g/mol. The lowest BCUT2D eigenvalue weighted by molar-refractivity contribution is -0.140. The van der Waals surface area contributed by atoms with Crippen molar-refractivity contribution in [3.8, 4) is 11.5 Å². The summed E-state index contributed by atoms with van der Waals surface area (Å²) in [5, 5.41) is 11.2. The van der Waals surface area contributed by atoms with Gasteiger partial charge < -0.3 is 24.4 Å². The third kappa shape index (κ3) is 5.78. The Balaban J connectivity index is 2.03. The number of amides is 1. The van der Waals surface area contributed by atoms with Gasteiger partial charge in [-0.3, -0.25) is 9.59 Å². The molecular formula is C27H34N2O5. The molecule has 1 heterocycles.